The number of rotatable bonds is 4. The Morgan fingerprint density at radius 2 is 1.73 bits per heavy atom. The molecule has 2 fully saturated rings. The van der Waals surface area contributed by atoms with E-state index in [1.165, 1.54) is 11.3 Å². The number of carbonyl (C=O) groups excluding carboxylic acids is 1. The number of anilines is 1. The minimum atomic E-state index is 0. The molecular weight excluding hydrogens is 298 g/mol. The Morgan fingerprint density at radius 1 is 1.00 bits per heavy atom. The van der Waals surface area contributed by atoms with Crippen LogP contribution in [0.1, 0.15) is 18.4 Å². The molecule has 2 saturated heterocycles. The quantitative estimate of drug-likeness (QED) is 0.849. The first-order chi connectivity index (χ1) is 10.2. The van der Waals surface area contributed by atoms with Crippen molar-refractivity contribution in [1.29, 1.82) is 0 Å². The van der Waals surface area contributed by atoms with Gasteiger partial charge in [0.25, 0.3) is 0 Å². The topological polar surface area (TPSA) is 26.8 Å². The zero-order valence-corrected chi connectivity index (χ0v) is 14.1. The number of halogens is 1. The fourth-order valence-corrected chi connectivity index (χ4v) is 3.33. The molecule has 2 aliphatic rings. The van der Waals surface area contributed by atoms with Crippen LogP contribution < -0.4 is 4.90 Å². The molecule has 0 saturated carbocycles. The normalized spacial score (nSPS) is 19.4. The summed E-state index contributed by atoms with van der Waals surface area (Å²) in [6, 6.07) is 8.62. The van der Waals surface area contributed by atoms with Gasteiger partial charge in [-0.2, -0.15) is 0 Å². The van der Waals surface area contributed by atoms with Gasteiger partial charge in [0.05, 0.1) is 0 Å². The number of amides is 1. The van der Waals surface area contributed by atoms with Crippen LogP contribution in [0.2, 0.25) is 0 Å². The van der Waals surface area contributed by atoms with Crippen molar-refractivity contribution in [2.45, 2.75) is 19.8 Å². The van der Waals surface area contributed by atoms with Gasteiger partial charge in [-0.05, 0) is 25.0 Å². The van der Waals surface area contributed by atoms with E-state index in [0.29, 0.717) is 5.91 Å². The number of hydrogen-bond donors (Lipinski definition) is 0. The molecule has 1 aromatic carbocycles. The maximum Gasteiger partial charge on any atom is 0.222 e. The van der Waals surface area contributed by atoms with Crippen molar-refractivity contribution in [2.24, 2.45) is 0 Å². The Morgan fingerprint density at radius 3 is 2.36 bits per heavy atom. The van der Waals surface area contributed by atoms with Crippen LogP contribution >= 0.6 is 12.4 Å². The fraction of sp³-hybridized carbons (Fsp3) is 0.588. The summed E-state index contributed by atoms with van der Waals surface area (Å²) in [6.45, 7) is 9.42. The number of piperazine rings is 1. The number of carbonyl (C=O) groups is 1. The van der Waals surface area contributed by atoms with E-state index in [-0.39, 0.29) is 12.4 Å². The zero-order chi connectivity index (χ0) is 14.7. The van der Waals surface area contributed by atoms with Crippen LogP contribution in [0.5, 0.6) is 0 Å². The molecule has 0 radical (unpaired) electrons. The molecule has 2 heterocycles. The average Bonchev–Trinajstić information content (AvgIpc) is 2.92. The van der Waals surface area contributed by atoms with Crippen LogP contribution in [-0.4, -0.2) is 61.5 Å². The third-order valence-electron chi connectivity index (χ3n) is 4.69. The second kappa shape index (κ2) is 7.84. The maximum absolute atomic E-state index is 11.6. The van der Waals surface area contributed by atoms with Crippen LogP contribution in [0.3, 0.4) is 0 Å². The monoisotopic (exact) mass is 323 g/mol. The fourth-order valence-electron chi connectivity index (χ4n) is 3.33. The van der Waals surface area contributed by atoms with E-state index < -0.39 is 0 Å². The van der Waals surface area contributed by atoms with Gasteiger partial charge < -0.3 is 9.80 Å². The molecule has 122 valence electrons. The lowest BCUT2D eigenvalue weighted by Crippen LogP contribution is -2.48. The van der Waals surface area contributed by atoms with Gasteiger partial charge in [0.2, 0.25) is 5.91 Å². The molecule has 5 heteroatoms. The SMILES string of the molecule is Cc1ccccc1N1CCN(CCN2CCCC2=O)CC1.Cl. The molecule has 0 unspecified atom stereocenters. The van der Waals surface area contributed by atoms with E-state index >= 15 is 0 Å². The maximum atomic E-state index is 11.6. The number of likely N-dealkylation sites (tertiary alicyclic amines) is 1. The lowest BCUT2D eigenvalue weighted by atomic mass is 10.1. The number of nitrogens with zero attached hydrogens (tertiary/aromatic N) is 3. The van der Waals surface area contributed by atoms with Crippen molar-refractivity contribution in [3.63, 3.8) is 0 Å². The highest BCUT2D eigenvalue weighted by atomic mass is 35.5. The van der Waals surface area contributed by atoms with Crippen molar-refractivity contribution in [3.05, 3.63) is 29.8 Å². The van der Waals surface area contributed by atoms with Crippen molar-refractivity contribution in [1.82, 2.24) is 9.80 Å². The smallest absolute Gasteiger partial charge is 0.222 e. The summed E-state index contributed by atoms with van der Waals surface area (Å²) < 4.78 is 0. The Balaban J connectivity index is 0.00000176. The van der Waals surface area contributed by atoms with E-state index in [1.54, 1.807) is 0 Å². The van der Waals surface area contributed by atoms with Crippen molar-refractivity contribution < 1.29 is 4.79 Å². The van der Waals surface area contributed by atoms with Crippen molar-refractivity contribution >= 4 is 24.0 Å². The highest BCUT2D eigenvalue weighted by molar-refractivity contribution is 5.85. The molecule has 0 N–H and O–H groups in total. The lowest BCUT2D eigenvalue weighted by Gasteiger charge is -2.37. The molecule has 0 bridgehead atoms. The predicted octanol–water partition coefficient (Wildman–Crippen LogP) is 2.16. The third-order valence-corrected chi connectivity index (χ3v) is 4.69. The summed E-state index contributed by atoms with van der Waals surface area (Å²) in [5.41, 5.74) is 2.72. The lowest BCUT2D eigenvalue weighted by molar-refractivity contribution is -0.127. The van der Waals surface area contributed by atoms with E-state index in [2.05, 4.69) is 41.0 Å². The molecule has 0 spiro atoms. The summed E-state index contributed by atoms with van der Waals surface area (Å²) in [5.74, 6) is 0.341. The highest BCUT2D eigenvalue weighted by Crippen LogP contribution is 2.20. The van der Waals surface area contributed by atoms with Crippen LogP contribution in [-0.2, 0) is 4.79 Å². The zero-order valence-electron chi connectivity index (χ0n) is 13.3. The summed E-state index contributed by atoms with van der Waals surface area (Å²) in [4.78, 5) is 18.6. The minimum absolute atomic E-state index is 0. The summed E-state index contributed by atoms with van der Waals surface area (Å²) in [5, 5.41) is 0. The Labute approximate surface area is 139 Å². The van der Waals surface area contributed by atoms with E-state index in [4.69, 9.17) is 0 Å². The summed E-state index contributed by atoms with van der Waals surface area (Å²) >= 11 is 0. The minimum Gasteiger partial charge on any atom is -0.369 e. The molecule has 1 aromatic rings. The van der Waals surface area contributed by atoms with Crippen LogP contribution in [0.4, 0.5) is 5.69 Å². The molecule has 1 amide bonds. The second-order valence-corrected chi connectivity index (χ2v) is 6.10. The third kappa shape index (κ3) is 3.93. The summed E-state index contributed by atoms with van der Waals surface area (Å²) in [7, 11) is 0. The van der Waals surface area contributed by atoms with Crippen molar-refractivity contribution in [2.75, 3.05) is 50.7 Å². The molecule has 0 aliphatic carbocycles. The first-order valence-corrected chi connectivity index (χ1v) is 8.05. The Hall–Kier alpha value is -1.26. The number of hydrogen-bond acceptors (Lipinski definition) is 3. The predicted molar refractivity (Wildman–Crippen MR) is 92.9 cm³/mol. The van der Waals surface area contributed by atoms with Gasteiger partial charge in [-0.1, -0.05) is 18.2 Å². The van der Waals surface area contributed by atoms with Crippen LogP contribution in [0, 0.1) is 6.92 Å². The second-order valence-electron chi connectivity index (χ2n) is 6.10. The van der Waals surface area contributed by atoms with Gasteiger partial charge in [0.1, 0.15) is 0 Å². The molecule has 2 aliphatic heterocycles. The first kappa shape index (κ1) is 17.1. The molecule has 0 aromatic heterocycles. The van der Waals surface area contributed by atoms with Gasteiger partial charge in [0.15, 0.2) is 0 Å². The number of aryl methyl sites for hydroxylation is 1. The molecule has 22 heavy (non-hydrogen) atoms. The van der Waals surface area contributed by atoms with Crippen LogP contribution in [0.15, 0.2) is 24.3 Å². The first-order valence-electron chi connectivity index (χ1n) is 8.05. The van der Waals surface area contributed by atoms with Gasteiger partial charge >= 0.3 is 0 Å². The number of benzene rings is 1. The Bertz CT molecular complexity index is 500. The van der Waals surface area contributed by atoms with Gasteiger partial charge in [0, 0.05) is 57.9 Å². The molecule has 3 rings (SSSR count). The molecular formula is C17H26ClN3O. The average molecular weight is 324 g/mol. The van der Waals surface area contributed by atoms with Crippen LogP contribution in [0.25, 0.3) is 0 Å². The highest BCUT2D eigenvalue weighted by Gasteiger charge is 2.22. The van der Waals surface area contributed by atoms with E-state index in [9.17, 15) is 4.79 Å². The van der Waals surface area contributed by atoms with Gasteiger partial charge in [-0.15, -0.1) is 12.4 Å². The van der Waals surface area contributed by atoms with Gasteiger partial charge in [-0.3, -0.25) is 9.69 Å². The van der Waals surface area contributed by atoms with E-state index in [1.807, 2.05) is 4.90 Å². The Kier molecular flexibility index (Phi) is 6.09. The molecule has 4 nitrogen and oxygen atoms in total. The molecule has 0 atom stereocenters. The standard InChI is InChI=1S/C17H25N3O.ClH/c1-15-5-2-3-6-16(15)19-12-9-18(10-13-19)11-14-20-8-4-7-17(20)21;/h2-3,5-6H,4,7-14H2,1H3;1H. The van der Waals surface area contributed by atoms with Crippen molar-refractivity contribution in [3.8, 4) is 0 Å². The van der Waals surface area contributed by atoms with E-state index in [0.717, 1.165) is 58.7 Å². The largest absolute Gasteiger partial charge is 0.369 e. The number of para-hydroxylation sites is 1. The van der Waals surface area contributed by atoms with Gasteiger partial charge in [-0.25, -0.2) is 0 Å². The summed E-state index contributed by atoms with van der Waals surface area (Å²) in [6.07, 6.45) is 1.79.